The van der Waals surface area contributed by atoms with Gasteiger partial charge in [0.2, 0.25) is 0 Å². The number of para-hydroxylation sites is 1. The number of hydrogen-bond acceptors (Lipinski definition) is 5. The molecule has 0 unspecified atom stereocenters. The molecule has 102 valence electrons. The van der Waals surface area contributed by atoms with Crippen LogP contribution in [0.15, 0.2) is 36.4 Å². The van der Waals surface area contributed by atoms with Gasteiger partial charge in [-0.2, -0.15) is 9.61 Å². The van der Waals surface area contributed by atoms with Crippen LogP contribution in [0.2, 0.25) is 0 Å². The van der Waals surface area contributed by atoms with Crippen molar-refractivity contribution in [3.63, 3.8) is 0 Å². The van der Waals surface area contributed by atoms with E-state index in [1.807, 2.05) is 36.4 Å². The third-order valence-electron chi connectivity index (χ3n) is 3.08. The largest absolute Gasteiger partial charge is 0.496 e. The van der Waals surface area contributed by atoms with Crippen molar-refractivity contribution in [3.8, 4) is 17.0 Å². The molecule has 6 heteroatoms. The first-order chi connectivity index (χ1) is 9.83. The summed E-state index contributed by atoms with van der Waals surface area (Å²) in [5, 5.41) is 12.8. The minimum atomic E-state index is 0.515. The molecule has 1 aromatic carbocycles. The molecule has 0 amide bonds. The first-order valence-electron chi connectivity index (χ1n) is 6.38. The van der Waals surface area contributed by atoms with E-state index in [9.17, 15) is 0 Å². The molecule has 0 atom stereocenters. The second-order valence-corrected chi connectivity index (χ2v) is 4.34. The second-order valence-electron chi connectivity index (χ2n) is 4.34. The van der Waals surface area contributed by atoms with E-state index < -0.39 is 0 Å². The van der Waals surface area contributed by atoms with Gasteiger partial charge in [0.15, 0.2) is 11.5 Å². The maximum Gasteiger partial charge on any atom is 0.177 e. The van der Waals surface area contributed by atoms with Gasteiger partial charge in [-0.15, -0.1) is 10.2 Å². The Morgan fingerprint density at radius 2 is 2.00 bits per heavy atom. The number of nitrogens with zero attached hydrogens (tertiary/aromatic N) is 4. The average Bonchev–Trinajstić information content (AvgIpc) is 2.90. The lowest BCUT2D eigenvalue weighted by Gasteiger charge is -2.07. The lowest BCUT2D eigenvalue weighted by atomic mass is 10.1. The van der Waals surface area contributed by atoms with Crippen molar-refractivity contribution in [2.75, 3.05) is 13.7 Å². The maximum absolute atomic E-state index is 5.58. The minimum Gasteiger partial charge on any atom is -0.496 e. The Hall–Kier alpha value is -2.47. The van der Waals surface area contributed by atoms with Gasteiger partial charge in [0, 0.05) is 12.0 Å². The lowest BCUT2D eigenvalue weighted by Crippen LogP contribution is -2.08. The van der Waals surface area contributed by atoms with E-state index in [2.05, 4.69) is 15.3 Å². The average molecular weight is 269 g/mol. The van der Waals surface area contributed by atoms with Gasteiger partial charge in [-0.1, -0.05) is 12.1 Å². The number of ether oxygens (including phenoxy) is 1. The summed E-state index contributed by atoms with van der Waals surface area (Å²) in [7, 11) is 1.65. The summed E-state index contributed by atoms with van der Waals surface area (Å²) in [6.45, 7) is 0.515. The predicted molar refractivity (Wildman–Crippen MR) is 75.5 cm³/mol. The molecule has 0 bridgehead atoms. The molecule has 0 aliphatic heterocycles. The highest BCUT2D eigenvalue weighted by Crippen LogP contribution is 2.27. The Balaban J connectivity index is 2.14. The summed E-state index contributed by atoms with van der Waals surface area (Å²) in [6.07, 6.45) is 0.642. The van der Waals surface area contributed by atoms with Crippen LogP contribution in [-0.2, 0) is 6.42 Å². The molecule has 20 heavy (non-hydrogen) atoms. The van der Waals surface area contributed by atoms with Gasteiger partial charge >= 0.3 is 0 Å². The van der Waals surface area contributed by atoms with E-state index >= 15 is 0 Å². The molecule has 0 aliphatic carbocycles. The van der Waals surface area contributed by atoms with Gasteiger partial charge in [0.05, 0.1) is 12.8 Å². The van der Waals surface area contributed by atoms with Crippen molar-refractivity contribution >= 4 is 5.65 Å². The van der Waals surface area contributed by atoms with Crippen molar-refractivity contribution in [3.05, 3.63) is 42.2 Å². The highest BCUT2D eigenvalue weighted by atomic mass is 16.5. The van der Waals surface area contributed by atoms with E-state index in [0.717, 1.165) is 22.8 Å². The minimum absolute atomic E-state index is 0.515. The van der Waals surface area contributed by atoms with Crippen LogP contribution in [0.5, 0.6) is 5.75 Å². The molecule has 3 rings (SSSR count). The Morgan fingerprint density at radius 1 is 1.15 bits per heavy atom. The molecule has 0 aliphatic rings. The van der Waals surface area contributed by atoms with Crippen LogP contribution in [0.3, 0.4) is 0 Å². The van der Waals surface area contributed by atoms with Crippen molar-refractivity contribution in [1.82, 2.24) is 19.8 Å². The third-order valence-corrected chi connectivity index (χ3v) is 3.08. The van der Waals surface area contributed by atoms with Crippen molar-refractivity contribution < 1.29 is 4.74 Å². The number of fused-ring (bicyclic) bond motifs is 1. The van der Waals surface area contributed by atoms with E-state index in [-0.39, 0.29) is 0 Å². The molecule has 2 aromatic heterocycles. The number of aromatic nitrogens is 4. The third kappa shape index (κ3) is 2.10. The topological polar surface area (TPSA) is 78.3 Å². The van der Waals surface area contributed by atoms with E-state index in [0.29, 0.717) is 18.6 Å². The van der Waals surface area contributed by atoms with Crippen LogP contribution in [0, 0.1) is 0 Å². The lowest BCUT2D eigenvalue weighted by molar-refractivity contribution is 0.416. The Morgan fingerprint density at radius 3 is 2.80 bits per heavy atom. The van der Waals surface area contributed by atoms with Gasteiger partial charge in [-0.3, -0.25) is 0 Å². The number of nitrogens with two attached hydrogens (primary N) is 1. The predicted octanol–water partition coefficient (Wildman–Crippen LogP) is 1.30. The molecule has 0 spiro atoms. The van der Waals surface area contributed by atoms with E-state index in [4.69, 9.17) is 10.5 Å². The first kappa shape index (κ1) is 12.6. The fraction of sp³-hybridized carbons (Fsp3) is 0.214. The van der Waals surface area contributed by atoms with E-state index in [1.54, 1.807) is 11.6 Å². The Kier molecular flexibility index (Phi) is 3.30. The fourth-order valence-electron chi connectivity index (χ4n) is 2.12. The highest BCUT2D eigenvalue weighted by molar-refractivity contribution is 5.67. The number of rotatable bonds is 4. The zero-order chi connectivity index (χ0) is 13.9. The number of methoxy groups -OCH3 is 1. The normalized spacial score (nSPS) is 10.9. The smallest absolute Gasteiger partial charge is 0.177 e. The van der Waals surface area contributed by atoms with Crippen molar-refractivity contribution in [2.24, 2.45) is 5.73 Å². The van der Waals surface area contributed by atoms with Crippen LogP contribution in [0.25, 0.3) is 16.9 Å². The van der Waals surface area contributed by atoms with Crippen LogP contribution in [0.4, 0.5) is 0 Å². The number of hydrogen-bond donors (Lipinski definition) is 1. The summed E-state index contributed by atoms with van der Waals surface area (Å²) in [5.41, 5.74) is 8.04. The molecule has 0 radical (unpaired) electrons. The molecular weight excluding hydrogens is 254 g/mol. The SMILES string of the molecule is COc1ccccc1-c1ccc2nnc(CCN)n2n1. The molecule has 0 saturated heterocycles. The van der Waals surface area contributed by atoms with Crippen LogP contribution in [0.1, 0.15) is 5.82 Å². The van der Waals surface area contributed by atoms with Crippen LogP contribution in [-0.4, -0.2) is 33.5 Å². The Labute approximate surface area is 116 Å². The zero-order valence-electron chi connectivity index (χ0n) is 11.2. The van der Waals surface area contributed by atoms with Crippen LogP contribution >= 0.6 is 0 Å². The summed E-state index contributed by atoms with van der Waals surface area (Å²) in [6, 6.07) is 11.6. The summed E-state index contributed by atoms with van der Waals surface area (Å²) >= 11 is 0. The molecule has 2 heterocycles. The van der Waals surface area contributed by atoms with Gasteiger partial charge in [-0.05, 0) is 30.8 Å². The number of benzene rings is 1. The molecule has 2 N–H and O–H groups in total. The van der Waals surface area contributed by atoms with Crippen molar-refractivity contribution in [1.29, 1.82) is 0 Å². The molecule has 0 saturated carbocycles. The van der Waals surface area contributed by atoms with Crippen molar-refractivity contribution in [2.45, 2.75) is 6.42 Å². The molecule has 6 nitrogen and oxygen atoms in total. The van der Waals surface area contributed by atoms with Crippen LogP contribution < -0.4 is 10.5 Å². The quantitative estimate of drug-likeness (QED) is 0.772. The standard InChI is InChI=1S/C14H15N5O/c1-20-12-5-3-2-4-10(12)11-6-7-13-16-17-14(8-9-15)19(13)18-11/h2-7H,8-9,15H2,1H3. The highest BCUT2D eigenvalue weighted by Gasteiger charge is 2.10. The summed E-state index contributed by atoms with van der Waals surface area (Å²) in [5.74, 6) is 1.55. The summed E-state index contributed by atoms with van der Waals surface area (Å²) < 4.78 is 7.10. The summed E-state index contributed by atoms with van der Waals surface area (Å²) in [4.78, 5) is 0. The zero-order valence-corrected chi connectivity index (χ0v) is 11.2. The van der Waals surface area contributed by atoms with Gasteiger partial charge in [0.25, 0.3) is 0 Å². The monoisotopic (exact) mass is 269 g/mol. The molecule has 3 aromatic rings. The van der Waals surface area contributed by atoms with Gasteiger partial charge in [-0.25, -0.2) is 0 Å². The van der Waals surface area contributed by atoms with E-state index in [1.165, 1.54) is 0 Å². The fourth-order valence-corrected chi connectivity index (χ4v) is 2.12. The molecular formula is C14H15N5O. The van der Waals surface area contributed by atoms with Gasteiger partial charge in [0.1, 0.15) is 5.75 Å². The molecule has 0 fully saturated rings. The first-order valence-corrected chi connectivity index (χ1v) is 6.38. The maximum atomic E-state index is 5.58. The second kappa shape index (κ2) is 5.26. The Bertz CT molecular complexity index is 737. The van der Waals surface area contributed by atoms with Gasteiger partial charge < -0.3 is 10.5 Å².